The van der Waals surface area contributed by atoms with Gasteiger partial charge in [0.25, 0.3) is 11.8 Å². The zero-order valence-electron chi connectivity index (χ0n) is 16.4. The van der Waals surface area contributed by atoms with Crippen molar-refractivity contribution < 1.29 is 19.1 Å². The van der Waals surface area contributed by atoms with Crippen molar-refractivity contribution in [3.8, 4) is 11.5 Å². The molecule has 2 aromatic rings. The first kappa shape index (κ1) is 19.7. The number of hydrogen-bond acceptors (Lipinski definition) is 5. The summed E-state index contributed by atoms with van der Waals surface area (Å²) >= 11 is 0. The van der Waals surface area contributed by atoms with Crippen molar-refractivity contribution >= 4 is 11.8 Å². The quantitative estimate of drug-likeness (QED) is 0.858. The number of carbonyl (C=O) groups is 2. The Balaban J connectivity index is 1.57. The van der Waals surface area contributed by atoms with Crippen molar-refractivity contribution in [3.63, 3.8) is 0 Å². The first-order valence-electron chi connectivity index (χ1n) is 9.27. The summed E-state index contributed by atoms with van der Waals surface area (Å²) in [5.41, 5.74) is 1.79. The van der Waals surface area contributed by atoms with Crippen molar-refractivity contribution in [2.75, 3.05) is 27.3 Å². The van der Waals surface area contributed by atoms with E-state index in [1.54, 1.807) is 43.4 Å². The zero-order chi connectivity index (χ0) is 20.1. The summed E-state index contributed by atoms with van der Waals surface area (Å²) in [7, 11) is 3.11. The van der Waals surface area contributed by atoms with Gasteiger partial charge in [-0.15, -0.1) is 0 Å². The highest BCUT2D eigenvalue weighted by Crippen LogP contribution is 2.28. The third kappa shape index (κ3) is 4.42. The molecule has 148 valence electrons. The molecule has 0 unspecified atom stereocenters. The normalized spacial score (nSPS) is 14.5. The standard InChI is InChI=1S/C21H25N3O4/c1-14-5-4-6-17(22-14)20(25)23-16-9-11-24(12-10-16)21(26)15-7-8-18(27-2)19(13-15)28-3/h4-8,13,16H,9-12H2,1-3H3,(H,23,25). The van der Waals surface area contributed by atoms with Crippen molar-refractivity contribution in [2.24, 2.45) is 0 Å². The Morgan fingerprint density at radius 2 is 1.79 bits per heavy atom. The van der Waals surface area contributed by atoms with Gasteiger partial charge in [-0.25, -0.2) is 4.98 Å². The fourth-order valence-corrected chi connectivity index (χ4v) is 3.31. The first-order chi connectivity index (χ1) is 13.5. The van der Waals surface area contributed by atoms with Gasteiger partial charge in [0.15, 0.2) is 11.5 Å². The highest BCUT2D eigenvalue weighted by atomic mass is 16.5. The van der Waals surface area contributed by atoms with Crippen LogP contribution in [0.5, 0.6) is 11.5 Å². The van der Waals surface area contributed by atoms with Gasteiger partial charge in [-0.3, -0.25) is 9.59 Å². The molecular weight excluding hydrogens is 358 g/mol. The second-order valence-corrected chi connectivity index (χ2v) is 6.77. The van der Waals surface area contributed by atoms with E-state index in [1.165, 1.54) is 0 Å². The fourth-order valence-electron chi connectivity index (χ4n) is 3.31. The van der Waals surface area contributed by atoms with Gasteiger partial charge in [-0.05, 0) is 50.1 Å². The van der Waals surface area contributed by atoms with Crippen LogP contribution < -0.4 is 14.8 Å². The largest absolute Gasteiger partial charge is 0.493 e. The van der Waals surface area contributed by atoms with E-state index in [4.69, 9.17) is 9.47 Å². The maximum atomic E-state index is 12.8. The molecular formula is C21H25N3O4. The van der Waals surface area contributed by atoms with Crippen LogP contribution in [0.15, 0.2) is 36.4 Å². The molecule has 2 heterocycles. The number of piperidine rings is 1. The van der Waals surface area contributed by atoms with Crippen LogP contribution in [0.3, 0.4) is 0 Å². The van der Waals surface area contributed by atoms with E-state index in [9.17, 15) is 9.59 Å². The summed E-state index contributed by atoms with van der Waals surface area (Å²) in [6.45, 7) is 3.02. The zero-order valence-corrected chi connectivity index (χ0v) is 16.4. The summed E-state index contributed by atoms with van der Waals surface area (Å²) < 4.78 is 10.5. The summed E-state index contributed by atoms with van der Waals surface area (Å²) in [6, 6.07) is 10.6. The molecule has 1 fully saturated rings. The highest BCUT2D eigenvalue weighted by molar-refractivity contribution is 5.95. The van der Waals surface area contributed by atoms with Crippen LogP contribution in [0.4, 0.5) is 0 Å². The maximum Gasteiger partial charge on any atom is 0.270 e. The Morgan fingerprint density at radius 1 is 1.07 bits per heavy atom. The molecule has 0 atom stereocenters. The Morgan fingerprint density at radius 3 is 2.43 bits per heavy atom. The Bertz CT molecular complexity index is 860. The average Bonchev–Trinajstić information content (AvgIpc) is 2.73. The second-order valence-electron chi connectivity index (χ2n) is 6.77. The van der Waals surface area contributed by atoms with Gasteiger partial charge in [0.2, 0.25) is 0 Å². The molecule has 1 saturated heterocycles. The molecule has 7 nitrogen and oxygen atoms in total. The van der Waals surface area contributed by atoms with Crippen LogP contribution in [-0.2, 0) is 0 Å². The summed E-state index contributed by atoms with van der Waals surface area (Å²) in [5, 5.41) is 3.02. The average molecular weight is 383 g/mol. The Kier molecular flexibility index (Phi) is 6.13. The predicted molar refractivity (Wildman–Crippen MR) is 105 cm³/mol. The topological polar surface area (TPSA) is 80.8 Å². The minimum atomic E-state index is -0.173. The van der Waals surface area contributed by atoms with Crippen LogP contribution in [-0.4, -0.2) is 55.0 Å². The van der Waals surface area contributed by atoms with Crippen molar-refractivity contribution in [1.82, 2.24) is 15.2 Å². The first-order valence-corrected chi connectivity index (χ1v) is 9.27. The number of carbonyl (C=O) groups excluding carboxylic acids is 2. The highest BCUT2D eigenvalue weighted by Gasteiger charge is 2.25. The number of pyridine rings is 1. The predicted octanol–water partition coefficient (Wildman–Crippen LogP) is 2.44. The summed E-state index contributed by atoms with van der Waals surface area (Å²) in [6.07, 6.45) is 1.41. The molecule has 1 aliphatic heterocycles. The van der Waals surface area contributed by atoms with E-state index in [-0.39, 0.29) is 17.9 Å². The van der Waals surface area contributed by atoms with E-state index in [1.807, 2.05) is 19.1 Å². The fraction of sp³-hybridized carbons (Fsp3) is 0.381. The number of nitrogens with zero attached hydrogens (tertiary/aromatic N) is 2. The van der Waals surface area contributed by atoms with Gasteiger partial charge in [0.1, 0.15) is 5.69 Å². The lowest BCUT2D eigenvalue weighted by molar-refractivity contribution is 0.0697. The van der Waals surface area contributed by atoms with Crippen LogP contribution in [0.1, 0.15) is 39.4 Å². The Labute approximate surface area is 164 Å². The number of rotatable bonds is 5. The number of likely N-dealkylation sites (tertiary alicyclic amines) is 1. The second kappa shape index (κ2) is 8.73. The lowest BCUT2D eigenvalue weighted by atomic mass is 10.0. The minimum absolute atomic E-state index is 0.0317. The molecule has 0 bridgehead atoms. The van der Waals surface area contributed by atoms with E-state index in [2.05, 4.69) is 10.3 Å². The van der Waals surface area contributed by atoms with E-state index in [0.717, 1.165) is 5.69 Å². The molecule has 3 rings (SSSR count). The monoisotopic (exact) mass is 383 g/mol. The SMILES string of the molecule is COc1ccc(C(=O)N2CCC(NC(=O)c3cccc(C)n3)CC2)cc1OC. The van der Waals surface area contributed by atoms with Gasteiger partial charge >= 0.3 is 0 Å². The lowest BCUT2D eigenvalue weighted by Gasteiger charge is -2.32. The van der Waals surface area contributed by atoms with Crippen LogP contribution in [0, 0.1) is 6.92 Å². The number of benzene rings is 1. The third-order valence-corrected chi connectivity index (χ3v) is 4.87. The van der Waals surface area contributed by atoms with E-state index < -0.39 is 0 Å². The number of aromatic nitrogens is 1. The van der Waals surface area contributed by atoms with Gasteiger partial charge in [-0.2, -0.15) is 0 Å². The molecule has 1 N–H and O–H groups in total. The minimum Gasteiger partial charge on any atom is -0.493 e. The van der Waals surface area contributed by atoms with Crippen molar-refractivity contribution in [2.45, 2.75) is 25.8 Å². The molecule has 0 spiro atoms. The van der Waals surface area contributed by atoms with Crippen LogP contribution in [0.2, 0.25) is 0 Å². The molecule has 0 saturated carbocycles. The number of ether oxygens (including phenoxy) is 2. The molecule has 2 amide bonds. The number of amides is 2. The smallest absolute Gasteiger partial charge is 0.270 e. The van der Waals surface area contributed by atoms with Gasteiger partial charge < -0.3 is 19.7 Å². The van der Waals surface area contributed by atoms with E-state index in [0.29, 0.717) is 48.7 Å². The number of nitrogens with one attached hydrogen (secondary N) is 1. The number of methoxy groups -OCH3 is 2. The molecule has 0 aliphatic carbocycles. The summed E-state index contributed by atoms with van der Waals surface area (Å²) in [4.78, 5) is 31.2. The van der Waals surface area contributed by atoms with E-state index >= 15 is 0 Å². The van der Waals surface area contributed by atoms with Crippen molar-refractivity contribution in [3.05, 3.63) is 53.3 Å². The molecule has 1 aromatic carbocycles. The molecule has 7 heteroatoms. The van der Waals surface area contributed by atoms with Crippen LogP contribution in [0.25, 0.3) is 0 Å². The molecule has 28 heavy (non-hydrogen) atoms. The number of aryl methyl sites for hydroxylation is 1. The van der Waals surface area contributed by atoms with Gasteiger partial charge in [0.05, 0.1) is 14.2 Å². The number of hydrogen-bond donors (Lipinski definition) is 1. The molecule has 1 aliphatic rings. The maximum absolute atomic E-state index is 12.8. The molecule has 1 aromatic heterocycles. The molecule has 0 radical (unpaired) electrons. The van der Waals surface area contributed by atoms with Crippen molar-refractivity contribution in [1.29, 1.82) is 0 Å². The van der Waals surface area contributed by atoms with Gasteiger partial charge in [-0.1, -0.05) is 6.07 Å². The lowest BCUT2D eigenvalue weighted by Crippen LogP contribution is -2.46. The third-order valence-electron chi connectivity index (χ3n) is 4.87. The summed E-state index contributed by atoms with van der Waals surface area (Å²) in [5.74, 6) is 0.894. The van der Waals surface area contributed by atoms with Crippen LogP contribution >= 0.6 is 0 Å². The Hall–Kier alpha value is -3.09. The van der Waals surface area contributed by atoms with Gasteiger partial charge in [0, 0.05) is 30.4 Å².